The second-order valence-electron chi connectivity index (χ2n) is 5.51. The molecule has 1 saturated heterocycles. The first-order chi connectivity index (χ1) is 8.84. The lowest BCUT2D eigenvalue weighted by atomic mass is 9.76. The summed E-state index contributed by atoms with van der Waals surface area (Å²) in [7, 11) is 0. The Balaban J connectivity index is 1.83. The van der Waals surface area contributed by atoms with E-state index in [2.05, 4.69) is 41.1 Å². The van der Waals surface area contributed by atoms with E-state index in [-0.39, 0.29) is 5.54 Å². The number of piperidine rings is 1. The minimum Gasteiger partial charge on any atom is -0.307 e. The molecule has 0 atom stereocenters. The van der Waals surface area contributed by atoms with Gasteiger partial charge < -0.3 is 5.32 Å². The number of nitrogens with zero attached hydrogens (tertiary/aromatic N) is 1. The smallest absolute Gasteiger partial charge is 0.0461 e. The molecule has 0 radical (unpaired) electrons. The van der Waals surface area contributed by atoms with Crippen molar-refractivity contribution in [3.63, 3.8) is 0 Å². The van der Waals surface area contributed by atoms with Crippen LogP contribution in [0.25, 0.3) is 0 Å². The zero-order valence-corrected chi connectivity index (χ0v) is 11.0. The number of fused-ring (bicyclic) bond motifs is 2. The fourth-order valence-electron chi connectivity index (χ4n) is 3.48. The monoisotopic (exact) mass is 242 g/mol. The summed E-state index contributed by atoms with van der Waals surface area (Å²) in [5, 5.41) is 3.80. The van der Waals surface area contributed by atoms with Crippen LogP contribution in [-0.4, -0.2) is 31.1 Å². The summed E-state index contributed by atoms with van der Waals surface area (Å²) in [6.45, 7) is 8.33. The number of rotatable bonds is 2. The Morgan fingerprint density at radius 1 is 1.28 bits per heavy atom. The highest BCUT2D eigenvalue weighted by atomic mass is 15.2. The van der Waals surface area contributed by atoms with Gasteiger partial charge in [-0.25, -0.2) is 0 Å². The highest BCUT2D eigenvalue weighted by molar-refractivity contribution is 5.36. The molecular weight excluding hydrogens is 220 g/mol. The Kier molecular flexibility index (Phi) is 3.23. The van der Waals surface area contributed by atoms with Gasteiger partial charge >= 0.3 is 0 Å². The lowest BCUT2D eigenvalue weighted by Crippen LogP contribution is -2.54. The zero-order valence-electron chi connectivity index (χ0n) is 11.0. The molecule has 1 N–H and O–H groups in total. The minimum atomic E-state index is 0.243. The van der Waals surface area contributed by atoms with Gasteiger partial charge in [-0.15, -0.1) is 6.58 Å². The van der Waals surface area contributed by atoms with Crippen LogP contribution < -0.4 is 5.32 Å². The standard InChI is InChI=1S/C16H22N2/c1-2-11-18-12-8-16(9-13-18)15-6-4-3-5-14(15)7-10-17-16/h2-6,17H,1,7-13H2. The molecule has 0 bridgehead atoms. The Bertz CT molecular complexity index is 430. The largest absolute Gasteiger partial charge is 0.307 e. The molecule has 1 fully saturated rings. The molecule has 0 aliphatic carbocycles. The van der Waals surface area contributed by atoms with Crippen molar-refractivity contribution in [3.05, 3.63) is 48.0 Å². The number of likely N-dealkylation sites (tertiary alicyclic amines) is 1. The van der Waals surface area contributed by atoms with Crippen LogP contribution >= 0.6 is 0 Å². The van der Waals surface area contributed by atoms with Gasteiger partial charge in [-0.05, 0) is 30.4 Å². The molecule has 18 heavy (non-hydrogen) atoms. The van der Waals surface area contributed by atoms with Crippen LogP contribution in [0.4, 0.5) is 0 Å². The predicted octanol–water partition coefficient (Wildman–Crippen LogP) is 2.31. The van der Waals surface area contributed by atoms with E-state index in [0.717, 1.165) is 13.1 Å². The van der Waals surface area contributed by atoms with Gasteiger partial charge in [-0.3, -0.25) is 4.90 Å². The minimum absolute atomic E-state index is 0.243. The first-order valence-electron chi connectivity index (χ1n) is 7.01. The maximum Gasteiger partial charge on any atom is 0.0461 e. The fraction of sp³-hybridized carbons (Fsp3) is 0.500. The Morgan fingerprint density at radius 2 is 2.06 bits per heavy atom. The van der Waals surface area contributed by atoms with E-state index in [4.69, 9.17) is 0 Å². The van der Waals surface area contributed by atoms with Gasteiger partial charge in [0.15, 0.2) is 0 Å². The van der Waals surface area contributed by atoms with Gasteiger partial charge in [0.05, 0.1) is 0 Å². The summed E-state index contributed by atoms with van der Waals surface area (Å²) in [5.41, 5.74) is 3.34. The van der Waals surface area contributed by atoms with Gasteiger partial charge in [0.1, 0.15) is 0 Å². The van der Waals surface area contributed by atoms with Gasteiger partial charge in [-0.1, -0.05) is 30.3 Å². The van der Waals surface area contributed by atoms with Crippen molar-refractivity contribution < 1.29 is 0 Å². The van der Waals surface area contributed by atoms with Crippen molar-refractivity contribution in [1.82, 2.24) is 10.2 Å². The van der Waals surface area contributed by atoms with Crippen LogP contribution in [0, 0.1) is 0 Å². The Labute approximate surface area is 110 Å². The average molecular weight is 242 g/mol. The lowest BCUT2D eigenvalue weighted by molar-refractivity contribution is 0.139. The van der Waals surface area contributed by atoms with Crippen LogP contribution in [0.3, 0.4) is 0 Å². The van der Waals surface area contributed by atoms with Crippen molar-refractivity contribution in [2.24, 2.45) is 0 Å². The molecule has 2 aliphatic heterocycles. The van der Waals surface area contributed by atoms with E-state index in [0.29, 0.717) is 0 Å². The summed E-state index contributed by atoms with van der Waals surface area (Å²) in [6, 6.07) is 8.98. The maximum atomic E-state index is 3.84. The average Bonchev–Trinajstić information content (AvgIpc) is 2.43. The van der Waals surface area contributed by atoms with Gasteiger partial charge in [0, 0.05) is 31.7 Å². The van der Waals surface area contributed by atoms with Gasteiger partial charge in [0.2, 0.25) is 0 Å². The highest BCUT2D eigenvalue weighted by Gasteiger charge is 2.38. The van der Waals surface area contributed by atoms with E-state index >= 15 is 0 Å². The maximum absolute atomic E-state index is 3.84. The first-order valence-corrected chi connectivity index (χ1v) is 7.01. The topological polar surface area (TPSA) is 15.3 Å². The summed E-state index contributed by atoms with van der Waals surface area (Å²) in [4.78, 5) is 2.50. The normalized spacial score (nSPS) is 22.7. The van der Waals surface area contributed by atoms with Crippen LogP contribution in [0.5, 0.6) is 0 Å². The molecular formula is C16H22N2. The third kappa shape index (κ3) is 2.00. The zero-order chi connectivity index (χ0) is 12.4. The molecule has 3 rings (SSSR count). The highest BCUT2D eigenvalue weighted by Crippen LogP contribution is 2.37. The van der Waals surface area contributed by atoms with Crippen molar-refractivity contribution in [2.75, 3.05) is 26.2 Å². The van der Waals surface area contributed by atoms with Gasteiger partial charge in [-0.2, -0.15) is 0 Å². The number of benzene rings is 1. The van der Waals surface area contributed by atoms with Crippen molar-refractivity contribution >= 4 is 0 Å². The second kappa shape index (κ2) is 4.87. The molecule has 1 spiro atoms. The predicted molar refractivity (Wildman–Crippen MR) is 75.7 cm³/mol. The molecule has 0 amide bonds. The fourth-order valence-corrected chi connectivity index (χ4v) is 3.48. The van der Waals surface area contributed by atoms with Crippen molar-refractivity contribution in [1.29, 1.82) is 0 Å². The molecule has 96 valence electrons. The molecule has 0 aromatic heterocycles. The molecule has 1 aromatic carbocycles. The van der Waals surface area contributed by atoms with Crippen LogP contribution in [0.2, 0.25) is 0 Å². The third-order valence-corrected chi connectivity index (χ3v) is 4.49. The summed E-state index contributed by atoms with van der Waals surface area (Å²) in [5.74, 6) is 0. The Morgan fingerprint density at radius 3 is 2.83 bits per heavy atom. The van der Waals surface area contributed by atoms with Crippen LogP contribution in [-0.2, 0) is 12.0 Å². The molecule has 0 saturated carbocycles. The van der Waals surface area contributed by atoms with Crippen LogP contribution in [0.15, 0.2) is 36.9 Å². The van der Waals surface area contributed by atoms with Crippen LogP contribution in [0.1, 0.15) is 24.0 Å². The van der Waals surface area contributed by atoms with E-state index in [1.807, 2.05) is 6.08 Å². The first kappa shape index (κ1) is 11.9. The number of nitrogens with one attached hydrogen (secondary N) is 1. The number of hydrogen-bond acceptors (Lipinski definition) is 2. The van der Waals surface area contributed by atoms with E-state index < -0.39 is 0 Å². The van der Waals surface area contributed by atoms with E-state index in [9.17, 15) is 0 Å². The van der Waals surface area contributed by atoms with Gasteiger partial charge in [0.25, 0.3) is 0 Å². The molecule has 2 aliphatic rings. The molecule has 2 heterocycles. The van der Waals surface area contributed by atoms with Crippen molar-refractivity contribution in [3.8, 4) is 0 Å². The molecule has 2 heteroatoms. The summed E-state index contributed by atoms with van der Waals surface area (Å²) in [6.07, 6.45) is 5.63. The second-order valence-corrected chi connectivity index (χ2v) is 5.51. The SMILES string of the molecule is C=CCN1CCC2(CC1)NCCc1ccccc12. The lowest BCUT2D eigenvalue weighted by Gasteiger charge is -2.46. The molecule has 2 nitrogen and oxygen atoms in total. The van der Waals surface area contributed by atoms with E-state index in [1.54, 1.807) is 11.1 Å². The molecule has 1 aromatic rings. The third-order valence-electron chi connectivity index (χ3n) is 4.49. The summed E-state index contributed by atoms with van der Waals surface area (Å²) >= 11 is 0. The quantitative estimate of drug-likeness (QED) is 0.801. The Hall–Kier alpha value is -1.12. The van der Waals surface area contributed by atoms with E-state index in [1.165, 1.54) is 32.4 Å². The summed E-state index contributed by atoms with van der Waals surface area (Å²) < 4.78 is 0. The number of hydrogen-bond donors (Lipinski definition) is 1. The molecule has 0 unspecified atom stereocenters. The van der Waals surface area contributed by atoms with Crippen molar-refractivity contribution in [2.45, 2.75) is 24.8 Å².